The molecule has 6 rings (SSSR count). The first kappa shape index (κ1) is 44.8. The molecule has 4 aliphatic heterocycles. The Morgan fingerprint density at radius 3 is 2.20 bits per heavy atom. The largest absolute Gasteiger partial charge is 0.507 e. The summed E-state index contributed by atoms with van der Waals surface area (Å²) in [5, 5.41) is 41.1. The Hall–Kier alpha value is -5.32. The molecule has 59 heavy (non-hydrogen) atoms. The SMILES string of the molecule is CON=C1CCN(C2=C3NC(=O)/C(C)=C\C=C\[C@H](C)[C@H](O)[C@@H](C)[C@@H](O)[C@@H](C)[C@H](OC(C)=O)[C@H](C)[C@@H](OC)/C=C/O[C@@]4(C)Oc5c(C)c(O)c(c(c5C4=O)C2=O)C3=O)CC1. The van der Waals surface area contributed by atoms with E-state index in [1.807, 2.05) is 0 Å². The second kappa shape index (κ2) is 17.9. The van der Waals surface area contributed by atoms with Crippen molar-refractivity contribution in [3.63, 3.8) is 0 Å². The summed E-state index contributed by atoms with van der Waals surface area (Å²) in [5.41, 5.74) is -0.798. The Kier molecular flexibility index (Phi) is 13.6. The number of carbonyl (C=O) groups is 5. The highest BCUT2D eigenvalue weighted by atomic mass is 16.7. The fourth-order valence-corrected chi connectivity index (χ4v) is 8.19. The third-order valence-electron chi connectivity index (χ3n) is 11.8. The third kappa shape index (κ3) is 8.57. The molecule has 1 fully saturated rings. The van der Waals surface area contributed by atoms with E-state index in [-0.39, 0.29) is 52.5 Å². The number of allylic oxidation sites excluding steroid dienone is 4. The van der Waals surface area contributed by atoms with Gasteiger partial charge < -0.3 is 49.3 Å². The van der Waals surface area contributed by atoms with Gasteiger partial charge in [-0.25, -0.2) is 0 Å². The Morgan fingerprint density at radius 2 is 1.59 bits per heavy atom. The van der Waals surface area contributed by atoms with E-state index in [0.29, 0.717) is 12.8 Å². The zero-order chi connectivity index (χ0) is 43.7. The number of fused-ring (bicyclic) bond motifs is 14. The summed E-state index contributed by atoms with van der Waals surface area (Å²) in [6.07, 6.45) is 4.14. The predicted molar refractivity (Wildman–Crippen MR) is 213 cm³/mol. The molecule has 4 N–H and O–H groups in total. The lowest BCUT2D eigenvalue weighted by Gasteiger charge is -2.38. The van der Waals surface area contributed by atoms with E-state index in [9.17, 15) is 39.3 Å². The number of aromatic hydroxyl groups is 1. The number of esters is 1. The number of piperidine rings is 1. The summed E-state index contributed by atoms with van der Waals surface area (Å²) in [7, 11) is 2.85. The summed E-state index contributed by atoms with van der Waals surface area (Å²) in [5.74, 6) is -9.19. The van der Waals surface area contributed by atoms with Crippen molar-refractivity contribution in [1.29, 1.82) is 0 Å². The second-order valence-corrected chi connectivity index (χ2v) is 15.8. The first-order valence-electron chi connectivity index (χ1n) is 19.7. The van der Waals surface area contributed by atoms with Gasteiger partial charge in [0.15, 0.2) is 0 Å². The number of oxime groups is 1. The molecule has 9 atom stereocenters. The number of methoxy groups -OCH3 is 1. The lowest BCUT2D eigenvalue weighted by molar-refractivity contribution is -0.160. The van der Waals surface area contributed by atoms with Crippen LogP contribution in [0.1, 0.15) is 97.9 Å². The molecule has 1 aromatic carbocycles. The van der Waals surface area contributed by atoms with Crippen LogP contribution in [0.5, 0.6) is 11.5 Å². The Balaban J connectivity index is 1.67. The zero-order valence-corrected chi connectivity index (χ0v) is 35.2. The number of phenolic OH excluding ortho intramolecular Hbond substituents is 1. The number of aliphatic hydroxyl groups is 2. The minimum absolute atomic E-state index is 0.00509. The summed E-state index contributed by atoms with van der Waals surface area (Å²) in [4.78, 5) is 76.5. The number of phenols is 1. The molecule has 5 aliphatic rings. The first-order chi connectivity index (χ1) is 27.8. The van der Waals surface area contributed by atoms with Crippen molar-refractivity contribution >= 4 is 34.9 Å². The van der Waals surface area contributed by atoms with Gasteiger partial charge in [0.05, 0.1) is 47.0 Å². The molecule has 320 valence electrons. The summed E-state index contributed by atoms with van der Waals surface area (Å²) >= 11 is 0. The first-order valence-corrected chi connectivity index (χ1v) is 19.7. The number of carbonyl (C=O) groups excluding carboxylic acids is 5. The molecule has 4 heterocycles. The molecule has 0 spiro atoms. The molecule has 0 unspecified atom stereocenters. The number of benzene rings is 1. The molecule has 0 aromatic heterocycles. The van der Waals surface area contributed by atoms with Crippen molar-refractivity contribution in [3.8, 4) is 11.5 Å². The predicted octanol–water partition coefficient (Wildman–Crippen LogP) is 4.06. The van der Waals surface area contributed by atoms with Crippen LogP contribution in [-0.4, -0.2) is 113 Å². The number of hydrogen-bond acceptors (Lipinski definition) is 15. The van der Waals surface area contributed by atoms with E-state index in [1.165, 1.54) is 60.3 Å². The van der Waals surface area contributed by atoms with Gasteiger partial charge in [-0.05, 0) is 19.9 Å². The molecular weight excluding hydrogens is 766 g/mol. The number of aliphatic hydroxyl groups excluding tert-OH is 2. The van der Waals surface area contributed by atoms with Crippen molar-refractivity contribution in [3.05, 3.63) is 69.8 Å². The smallest absolute Gasteiger partial charge is 0.312 e. The summed E-state index contributed by atoms with van der Waals surface area (Å²) < 4.78 is 23.5. The Bertz CT molecular complexity index is 2040. The molecule has 16 nitrogen and oxygen atoms in total. The number of Topliss-reactive ketones (excluding diaryl/α,β-unsaturated/α-hetero) is 3. The maximum absolute atomic E-state index is 14.8. The quantitative estimate of drug-likeness (QED) is 0.249. The van der Waals surface area contributed by atoms with Gasteiger partial charge in [-0.1, -0.05) is 51.1 Å². The van der Waals surface area contributed by atoms with Gasteiger partial charge >= 0.3 is 11.8 Å². The highest BCUT2D eigenvalue weighted by Gasteiger charge is 2.53. The minimum atomic E-state index is -2.09. The molecule has 1 amide bonds. The molecule has 1 aromatic rings. The minimum Gasteiger partial charge on any atom is -0.507 e. The standard InChI is InChI=1S/C43H55N3O13/c1-20-12-11-13-21(2)42(54)44-32-33(46-17-14-27(15-18-46)45-56-10)38(52)29-30(37(32)51)36(50)25(6)40-31(29)41(53)43(8,59-40)57-19-16-28(55-9)22(3)39(58-26(7)47)24(5)35(49)23(4)34(20)48/h11-13,16,19-20,22-24,28,34-35,39,48-50H,14-15,17-18H2,1-10H3,(H,44,54)/b12-11+,19-16+,21-13-/t20-,22+,23+,24+,28-,34-,35+,39+,43-/m0/s1. The van der Waals surface area contributed by atoms with Crippen molar-refractivity contribution in [2.24, 2.45) is 28.8 Å². The molecule has 1 saturated heterocycles. The molecule has 0 radical (unpaired) electrons. The van der Waals surface area contributed by atoms with Crippen LogP contribution in [0.2, 0.25) is 0 Å². The van der Waals surface area contributed by atoms with Gasteiger partial charge in [-0.15, -0.1) is 0 Å². The topological polar surface area (TPSA) is 220 Å². The van der Waals surface area contributed by atoms with Gasteiger partial charge in [-0.3, -0.25) is 24.0 Å². The number of likely N-dealkylation sites (tertiary alicyclic amines) is 1. The van der Waals surface area contributed by atoms with Crippen molar-refractivity contribution in [2.45, 2.75) is 98.4 Å². The van der Waals surface area contributed by atoms with Crippen LogP contribution < -0.4 is 10.1 Å². The van der Waals surface area contributed by atoms with Crippen molar-refractivity contribution in [1.82, 2.24) is 10.2 Å². The highest BCUT2D eigenvalue weighted by Crippen LogP contribution is 2.49. The van der Waals surface area contributed by atoms with Gasteiger partial charge in [-0.2, -0.15) is 0 Å². The number of hydrogen-bond donors (Lipinski definition) is 4. The van der Waals surface area contributed by atoms with Gasteiger partial charge in [0.2, 0.25) is 11.6 Å². The number of amides is 1. The average Bonchev–Trinajstić information content (AvgIpc) is 3.46. The molecule has 0 saturated carbocycles. The summed E-state index contributed by atoms with van der Waals surface area (Å²) in [6, 6.07) is 0. The maximum Gasteiger partial charge on any atom is 0.312 e. The normalized spacial score (nSPS) is 32.7. The van der Waals surface area contributed by atoms with Crippen LogP contribution >= 0.6 is 0 Å². The van der Waals surface area contributed by atoms with Crippen LogP contribution in [0.3, 0.4) is 0 Å². The second-order valence-electron chi connectivity index (χ2n) is 15.8. The van der Waals surface area contributed by atoms with E-state index in [2.05, 4.69) is 10.5 Å². The number of rotatable bonds is 4. The van der Waals surface area contributed by atoms with Crippen molar-refractivity contribution < 1.29 is 63.1 Å². The molecular formula is C43H55N3O13. The lowest BCUT2D eigenvalue weighted by atomic mass is 9.78. The van der Waals surface area contributed by atoms with E-state index in [1.54, 1.807) is 44.7 Å². The van der Waals surface area contributed by atoms with Crippen LogP contribution in [-0.2, 0) is 28.6 Å². The highest BCUT2D eigenvalue weighted by molar-refractivity contribution is 6.32. The van der Waals surface area contributed by atoms with E-state index < -0.39 is 94.4 Å². The van der Waals surface area contributed by atoms with Gasteiger partial charge in [0, 0.05) is 81.7 Å². The number of nitrogens with zero attached hydrogens (tertiary/aromatic N) is 2. The number of ether oxygens (including phenoxy) is 4. The fraction of sp³-hybridized carbons (Fsp3) is 0.535. The molecule has 5 bridgehead atoms. The maximum atomic E-state index is 14.8. The number of nitrogens with one attached hydrogen (secondary N) is 1. The Labute approximate surface area is 343 Å². The van der Waals surface area contributed by atoms with Crippen LogP contribution in [0, 0.1) is 30.6 Å². The third-order valence-corrected chi connectivity index (χ3v) is 11.8. The van der Waals surface area contributed by atoms with Crippen LogP contribution in [0.4, 0.5) is 0 Å². The molecule has 16 heteroatoms. The lowest BCUT2D eigenvalue weighted by Crippen LogP contribution is -2.46. The Morgan fingerprint density at radius 1 is 0.932 bits per heavy atom. The van der Waals surface area contributed by atoms with Crippen LogP contribution in [0.15, 0.2) is 52.7 Å². The van der Waals surface area contributed by atoms with Gasteiger partial charge in [0.1, 0.15) is 36.1 Å². The number of ketones is 3. The average molecular weight is 822 g/mol. The zero-order valence-electron chi connectivity index (χ0n) is 35.2. The van der Waals surface area contributed by atoms with Crippen LogP contribution in [0.25, 0.3) is 0 Å². The van der Waals surface area contributed by atoms with Gasteiger partial charge in [0.25, 0.3) is 11.7 Å². The van der Waals surface area contributed by atoms with E-state index in [0.717, 1.165) is 5.71 Å². The van der Waals surface area contributed by atoms with E-state index in [4.69, 9.17) is 23.8 Å². The monoisotopic (exact) mass is 821 g/mol. The summed E-state index contributed by atoms with van der Waals surface area (Å²) in [6.45, 7) is 12.8. The van der Waals surface area contributed by atoms with E-state index >= 15 is 0 Å². The van der Waals surface area contributed by atoms with Crippen molar-refractivity contribution in [2.75, 3.05) is 27.3 Å². The molecule has 1 aliphatic carbocycles. The fourth-order valence-electron chi connectivity index (χ4n) is 8.19.